The van der Waals surface area contributed by atoms with Crippen LogP contribution in [0.2, 0.25) is 0 Å². The third-order valence-corrected chi connectivity index (χ3v) is 2.88. The largest absolute Gasteiger partial charge is 0.504 e. The summed E-state index contributed by atoms with van der Waals surface area (Å²) in [5.74, 6) is -1.30. The maximum Gasteiger partial charge on any atom is 0.321 e. The smallest absolute Gasteiger partial charge is 0.321 e. The summed E-state index contributed by atoms with van der Waals surface area (Å²) < 4.78 is 0. The van der Waals surface area contributed by atoms with Gasteiger partial charge in [-0.05, 0) is 36.6 Å². The van der Waals surface area contributed by atoms with Gasteiger partial charge in [0.2, 0.25) is 0 Å². The van der Waals surface area contributed by atoms with Crippen molar-refractivity contribution >= 4 is 5.97 Å². The molecule has 4 N–H and O–H groups in total. The molecule has 1 aliphatic rings. The second-order valence-corrected chi connectivity index (χ2v) is 4.02. The number of phenols is 2. The number of carboxylic acids is 1. The van der Waals surface area contributed by atoms with Crippen molar-refractivity contribution in [1.82, 2.24) is 5.32 Å². The van der Waals surface area contributed by atoms with E-state index < -0.39 is 12.0 Å². The molecule has 2 atom stereocenters. The maximum atomic E-state index is 10.9. The zero-order chi connectivity index (χ0) is 11.9. The van der Waals surface area contributed by atoms with Gasteiger partial charge >= 0.3 is 5.97 Å². The molecule has 1 aliphatic heterocycles. The van der Waals surface area contributed by atoms with Gasteiger partial charge in [0.25, 0.3) is 0 Å². The summed E-state index contributed by atoms with van der Waals surface area (Å²) in [5.41, 5.74) is 1.58. The molecule has 0 fully saturated rings. The Kier molecular flexibility index (Phi) is 2.47. The Hall–Kier alpha value is -1.75. The first-order valence-corrected chi connectivity index (χ1v) is 5.02. The second-order valence-electron chi connectivity index (χ2n) is 4.02. The van der Waals surface area contributed by atoms with Crippen LogP contribution in [0.1, 0.15) is 24.1 Å². The fourth-order valence-electron chi connectivity index (χ4n) is 2.05. The first kappa shape index (κ1) is 10.8. The summed E-state index contributed by atoms with van der Waals surface area (Å²) in [6.07, 6.45) is 0.308. The molecule has 0 radical (unpaired) electrons. The summed E-state index contributed by atoms with van der Waals surface area (Å²) in [6.45, 7) is 1.82. The molecule has 1 aromatic rings. The standard InChI is InChI=1S/C11H13NO4/c1-5-7-4-10(14)9(13)3-6(7)2-8(12-5)11(15)16/h3-5,8,12-14H,2H2,1H3,(H,15,16)/t5-,8-/m1/s1. The van der Waals surface area contributed by atoms with Crippen molar-refractivity contribution < 1.29 is 20.1 Å². The van der Waals surface area contributed by atoms with Crippen LogP contribution in [-0.2, 0) is 11.2 Å². The Morgan fingerprint density at radius 3 is 2.62 bits per heavy atom. The molecule has 5 nitrogen and oxygen atoms in total. The van der Waals surface area contributed by atoms with Gasteiger partial charge in [-0.2, -0.15) is 0 Å². The summed E-state index contributed by atoms with van der Waals surface area (Å²) in [5, 5.41) is 30.6. The van der Waals surface area contributed by atoms with E-state index in [2.05, 4.69) is 5.32 Å². The van der Waals surface area contributed by atoms with Gasteiger partial charge in [0.15, 0.2) is 11.5 Å². The zero-order valence-electron chi connectivity index (χ0n) is 8.77. The molecule has 0 aliphatic carbocycles. The molecule has 16 heavy (non-hydrogen) atoms. The molecule has 0 aromatic heterocycles. The molecule has 0 amide bonds. The van der Waals surface area contributed by atoms with Crippen LogP contribution in [0.15, 0.2) is 12.1 Å². The lowest BCUT2D eigenvalue weighted by Gasteiger charge is -2.29. The lowest BCUT2D eigenvalue weighted by molar-refractivity contribution is -0.139. The molecule has 0 bridgehead atoms. The van der Waals surface area contributed by atoms with Crippen molar-refractivity contribution in [3.63, 3.8) is 0 Å². The van der Waals surface area contributed by atoms with Crippen molar-refractivity contribution in [2.75, 3.05) is 0 Å². The molecule has 5 heteroatoms. The Balaban J connectivity index is 2.42. The van der Waals surface area contributed by atoms with E-state index in [1.807, 2.05) is 6.92 Å². The van der Waals surface area contributed by atoms with Crippen LogP contribution in [0.3, 0.4) is 0 Å². The highest BCUT2D eigenvalue weighted by Crippen LogP contribution is 2.34. The number of hydrogen-bond donors (Lipinski definition) is 4. The minimum atomic E-state index is -0.912. The number of hydrogen-bond acceptors (Lipinski definition) is 4. The van der Waals surface area contributed by atoms with Gasteiger partial charge in [-0.25, -0.2) is 0 Å². The van der Waals surface area contributed by atoms with E-state index in [1.54, 1.807) is 0 Å². The zero-order valence-corrected chi connectivity index (χ0v) is 8.77. The number of rotatable bonds is 1. The van der Waals surface area contributed by atoms with Crippen molar-refractivity contribution in [2.24, 2.45) is 0 Å². The number of carboxylic acid groups (broad SMARTS) is 1. The van der Waals surface area contributed by atoms with Crippen LogP contribution < -0.4 is 5.32 Å². The monoisotopic (exact) mass is 223 g/mol. The molecule has 1 aromatic carbocycles. The molecular weight excluding hydrogens is 210 g/mol. The van der Waals surface area contributed by atoms with Crippen molar-refractivity contribution in [1.29, 1.82) is 0 Å². The van der Waals surface area contributed by atoms with E-state index in [1.165, 1.54) is 12.1 Å². The number of aromatic hydroxyl groups is 2. The van der Waals surface area contributed by atoms with Gasteiger partial charge in [-0.15, -0.1) is 0 Å². The van der Waals surface area contributed by atoms with Crippen LogP contribution in [0.4, 0.5) is 0 Å². The van der Waals surface area contributed by atoms with Gasteiger partial charge in [0.05, 0.1) is 0 Å². The minimum absolute atomic E-state index is 0.156. The van der Waals surface area contributed by atoms with Gasteiger partial charge in [-0.3, -0.25) is 10.1 Å². The highest BCUT2D eigenvalue weighted by molar-refractivity contribution is 5.74. The average molecular weight is 223 g/mol. The summed E-state index contributed by atoms with van der Waals surface area (Å²) >= 11 is 0. The summed E-state index contributed by atoms with van der Waals surface area (Å²) in [7, 11) is 0. The van der Waals surface area contributed by atoms with Gasteiger partial charge in [-0.1, -0.05) is 0 Å². The van der Waals surface area contributed by atoms with Crippen LogP contribution in [-0.4, -0.2) is 27.3 Å². The summed E-state index contributed by atoms with van der Waals surface area (Å²) in [4.78, 5) is 10.9. The van der Waals surface area contributed by atoms with Crippen LogP contribution in [0.25, 0.3) is 0 Å². The minimum Gasteiger partial charge on any atom is -0.504 e. The molecule has 0 unspecified atom stereocenters. The van der Waals surface area contributed by atoms with Crippen molar-refractivity contribution in [3.8, 4) is 11.5 Å². The van der Waals surface area contributed by atoms with Gasteiger partial charge < -0.3 is 15.3 Å². The molecular formula is C11H13NO4. The van der Waals surface area contributed by atoms with Crippen molar-refractivity contribution in [3.05, 3.63) is 23.3 Å². The molecule has 2 rings (SSSR count). The molecule has 0 spiro atoms. The maximum absolute atomic E-state index is 10.9. The third-order valence-electron chi connectivity index (χ3n) is 2.88. The van der Waals surface area contributed by atoms with Crippen LogP contribution >= 0.6 is 0 Å². The normalized spacial score (nSPS) is 23.8. The predicted molar refractivity (Wildman–Crippen MR) is 56.5 cm³/mol. The third kappa shape index (κ3) is 1.69. The van der Waals surface area contributed by atoms with Crippen molar-refractivity contribution in [2.45, 2.75) is 25.4 Å². The molecule has 86 valence electrons. The van der Waals surface area contributed by atoms with E-state index in [0.29, 0.717) is 6.42 Å². The highest BCUT2D eigenvalue weighted by atomic mass is 16.4. The Bertz CT molecular complexity index is 444. The lowest BCUT2D eigenvalue weighted by Crippen LogP contribution is -2.43. The number of carbonyl (C=O) groups is 1. The average Bonchev–Trinajstić information content (AvgIpc) is 2.20. The molecule has 0 saturated carbocycles. The quantitative estimate of drug-likeness (QED) is 0.528. The fraction of sp³-hybridized carbons (Fsp3) is 0.364. The number of fused-ring (bicyclic) bond motifs is 1. The summed E-state index contributed by atoms with van der Waals surface area (Å²) in [6, 6.07) is 2.10. The van der Waals surface area contributed by atoms with E-state index in [9.17, 15) is 15.0 Å². The van der Waals surface area contributed by atoms with Crippen LogP contribution in [0.5, 0.6) is 11.5 Å². The molecule has 0 saturated heterocycles. The number of benzene rings is 1. The number of nitrogens with one attached hydrogen (secondary N) is 1. The molecule has 1 heterocycles. The van der Waals surface area contributed by atoms with Crippen LogP contribution in [0, 0.1) is 0 Å². The highest BCUT2D eigenvalue weighted by Gasteiger charge is 2.28. The first-order chi connectivity index (χ1) is 7.49. The van der Waals surface area contributed by atoms with Gasteiger partial charge in [0.1, 0.15) is 6.04 Å². The lowest BCUT2D eigenvalue weighted by atomic mass is 9.90. The van der Waals surface area contributed by atoms with E-state index in [-0.39, 0.29) is 17.5 Å². The Morgan fingerprint density at radius 2 is 2.00 bits per heavy atom. The van der Waals surface area contributed by atoms with E-state index in [0.717, 1.165) is 11.1 Å². The van der Waals surface area contributed by atoms with E-state index in [4.69, 9.17) is 5.11 Å². The SMILES string of the molecule is C[C@H]1N[C@@H](C(=O)O)Cc2cc(O)c(O)cc21. The second kappa shape index (κ2) is 3.68. The number of aliphatic carboxylic acids is 1. The first-order valence-electron chi connectivity index (χ1n) is 5.02. The van der Waals surface area contributed by atoms with E-state index >= 15 is 0 Å². The Labute approximate surface area is 92.3 Å². The van der Waals surface area contributed by atoms with Gasteiger partial charge in [0, 0.05) is 6.04 Å². The fourth-order valence-corrected chi connectivity index (χ4v) is 2.05. The topological polar surface area (TPSA) is 89.8 Å². The predicted octanol–water partition coefficient (Wildman–Crippen LogP) is 0.758. The Morgan fingerprint density at radius 1 is 1.38 bits per heavy atom. The number of phenolic OH excluding ortho intramolecular Hbond substituents is 2.